The number of hydrogen-bond acceptors (Lipinski definition) is 4. The van der Waals surface area contributed by atoms with Gasteiger partial charge in [0.05, 0.1) is 12.7 Å². The average Bonchev–Trinajstić information content (AvgIpc) is 3.18. The molecule has 4 rings (SSSR count). The second kappa shape index (κ2) is 10.3. The molecule has 0 fully saturated rings. The molecule has 188 valence electrons. The van der Waals surface area contributed by atoms with Crippen molar-refractivity contribution in [1.82, 2.24) is 5.32 Å². The van der Waals surface area contributed by atoms with Gasteiger partial charge < -0.3 is 19.9 Å². The molecular weight excluding hydrogens is 475 g/mol. The van der Waals surface area contributed by atoms with Gasteiger partial charge in [0, 0.05) is 5.92 Å². The summed E-state index contributed by atoms with van der Waals surface area (Å²) in [6.07, 6.45) is -5.41. The van der Waals surface area contributed by atoms with Crippen LogP contribution in [0.2, 0.25) is 0 Å². The van der Waals surface area contributed by atoms with Crippen molar-refractivity contribution in [3.05, 3.63) is 89.0 Å². The van der Waals surface area contributed by atoms with Crippen LogP contribution in [0.1, 0.15) is 34.6 Å². The molecule has 0 unspecified atom stereocenters. The second-order valence-electron chi connectivity index (χ2n) is 8.42. The smallest absolute Gasteiger partial charge is 0.416 e. The Bertz CT molecular complexity index is 1230. The molecule has 0 aromatic heterocycles. The average molecular weight is 499 g/mol. The fraction of sp³-hybridized carbons (Fsp3) is 0.259. The first-order valence-electron chi connectivity index (χ1n) is 11.3. The van der Waals surface area contributed by atoms with Gasteiger partial charge in [-0.05, 0) is 52.8 Å². The van der Waals surface area contributed by atoms with Crippen LogP contribution in [0.3, 0.4) is 0 Å². The van der Waals surface area contributed by atoms with E-state index in [0.717, 1.165) is 34.4 Å². The maximum absolute atomic E-state index is 13.0. The van der Waals surface area contributed by atoms with Gasteiger partial charge in [-0.1, -0.05) is 54.6 Å². The molecule has 0 heterocycles. The van der Waals surface area contributed by atoms with Crippen molar-refractivity contribution in [2.24, 2.45) is 0 Å². The molecular formula is C27H24F3NO5. The minimum atomic E-state index is -4.53. The van der Waals surface area contributed by atoms with E-state index >= 15 is 0 Å². The molecule has 0 bridgehead atoms. The summed E-state index contributed by atoms with van der Waals surface area (Å²) in [5, 5.41) is 11.9. The number of carbonyl (C=O) groups is 2. The second-order valence-corrected chi connectivity index (χ2v) is 8.42. The monoisotopic (exact) mass is 499 g/mol. The van der Waals surface area contributed by atoms with Crippen molar-refractivity contribution >= 4 is 12.1 Å². The fourth-order valence-corrected chi connectivity index (χ4v) is 4.47. The number of carboxylic acid groups (broad SMARTS) is 1. The third-order valence-corrected chi connectivity index (χ3v) is 6.25. The number of carboxylic acids is 1. The summed E-state index contributed by atoms with van der Waals surface area (Å²) < 4.78 is 49.3. The van der Waals surface area contributed by atoms with Crippen molar-refractivity contribution in [2.75, 3.05) is 13.7 Å². The van der Waals surface area contributed by atoms with Crippen LogP contribution in [0.5, 0.6) is 5.75 Å². The largest absolute Gasteiger partial charge is 0.496 e. The predicted molar refractivity (Wildman–Crippen MR) is 126 cm³/mol. The first-order valence-corrected chi connectivity index (χ1v) is 11.3. The van der Waals surface area contributed by atoms with E-state index in [9.17, 15) is 27.9 Å². The first kappa shape index (κ1) is 25.1. The van der Waals surface area contributed by atoms with Crippen LogP contribution in [0.15, 0.2) is 66.7 Å². The molecule has 9 heteroatoms. The Morgan fingerprint density at radius 1 is 1.00 bits per heavy atom. The van der Waals surface area contributed by atoms with E-state index in [-0.39, 0.29) is 31.1 Å². The summed E-state index contributed by atoms with van der Waals surface area (Å²) in [6, 6.07) is 17.4. The summed E-state index contributed by atoms with van der Waals surface area (Å²) in [5.74, 6) is -1.47. The number of rotatable bonds is 8. The summed E-state index contributed by atoms with van der Waals surface area (Å²) in [6.45, 7) is 0.0267. The molecule has 36 heavy (non-hydrogen) atoms. The number of halogens is 3. The molecule has 3 aromatic carbocycles. The molecule has 1 amide bonds. The van der Waals surface area contributed by atoms with Crippen LogP contribution in [-0.4, -0.2) is 36.9 Å². The number of fused-ring (bicyclic) bond motifs is 3. The number of aryl methyl sites for hydroxylation is 1. The number of aliphatic carboxylic acids is 1. The highest BCUT2D eigenvalue weighted by Gasteiger charge is 2.32. The zero-order valence-electron chi connectivity index (χ0n) is 19.3. The van der Waals surface area contributed by atoms with E-state index in [0.29, 0.717) is 5.56 Å². The lowest BCUT2D eigenvalue weighted by molar-refractivity contribution is -0.139. The Hall–Kier alpha value is -4.01. The first-order chi connectivity index (χ1) is 17.2. The number of amides is 1. The molecule has 0 spiro atoms. The van der Waals surface area contributed by atoms with Crippen molar-refractivity contribution in [1.29, 1.82) is 0 Å². The van der Waals surface area contributed by atoms with Gasteiger partial charge in [-0.3, -0.25) is 0 Å². The Balaban J connectivity index is 1.39. The third-order valence-electron chi connectivity index (χ3n) is 6.25. The normalized spacial score (nSPS) is 13.4. The third kappa shape index (κ3) is 5.30. The number of benzene rings is 3. The van der Waals surface area contributed by atoms with E-state index < -0.39 is 29.8 Å². The van der Waals surface area contributed by atoms with Gasteiger partial charge >= 0.3 is 18.2 Å². The number of carbonyl (C=O) groups excluding carboxylic acids is 1. The number of methoxy groups -OCH3 is 1. The topological polar surface area (TPSA) is 84.9 Å². The maximum Gasteiger partial charge on any atom is 0.416 e. The highest BCUT2D eigenvalue weighted by molar-refractivity contribution is 5.81. The fourth-order valence-electron chi connectivity index (χ4n) is 4.47. The molecule has 1 atom stereocenters. The highest BCUT2D eigenvalue weighted by Crippen LogP contribution is 2.44. The van der Waals surface area contributed by atoms with Crippen molar-refractivity contribution < 1.29 is 37.3 Å². The highest BCUT2D eigenvalue weighted by atomic mass is 19.4. The van der Waals surface area contributed by atoms with Crippen molar-refractivity contribution in [3.8, 4) is 16.9 Å². The zero-order valence-corrected chi connectivity index (χ0v) is 19.3. The van der Waals surface area contributed by atoms with Gasteiger partial charge in [0.25, 0.3) is 0 Å². The lowest BCUT2D eigenvalue weighted by Crippen LogP contribution is -2.41. The number of hydrogen-bond donors (Lipinski definition) is 2. The van der Waals surface area contributed by atoms with E-state index in [1.807, 2.05) is 48.5 Å². The molecule has 1 aliphatic rings. The van der Waals surface area contributed by atoms with Gasteiger partial charge in [-0.25, -0.2) is 9.59 Å². The van der Waals surface area contributed by atoms with Crippen LogP contribution < -0.4 is 10.1 Å². The summed E-state index contributed by atoms with van der Waals surface area (Å²) >= 11 is 0. The molecule has 0 radical (unpaired) electrons. The van der Waals surface area contributed by atoms with Crippen LogP contribution in [-0.2, 0) is 22.1 Å². The summed E-state index contributed by atoms with van der Waals surface area (Å²) in [7, 11) is 1.24. The van der Waals surface area contributed by atoms with Gasteiger partial charge in [0.15, 0.2) is 0 Å². The van der Waals surface area contributed by atoms with E-state index in [1.54, 1.807) is 0 Å². The Morgan fingerprint density at radius 2 is 1.61 bits per heavy atom. The molecule has 1 aliphatic carbocycles. The SMILES string of the molecule is COc1cc(C(F)(F)F)ccc1CC[C@@H](NC(=O)OCC1c2ccccc2-c2ccccc21)C(=O)O. The Labute approximate surface area is 205 Å². The van der Waals surface area contributed by atoms with Crippen molar-refractivity contribution in [2.45, 2.75) is 31.0 Å². The maximum atomic E-state index is 13.0. The minimum absolute atomic E-state index is 0.00453. The molecule has 0 saturated carbocycles. The van der Waals surface area contributed by atoms with Gasteiger partial charge in [0.1, 0.15) is 18.4 Å². The lowest BCUT2D eigenvalue weighted by atomic mass is 9.98. The molecule has 3 aromatic rings. The number of nitrogens with one attached hydrogen (secondary N) is 1. The summed E-state index contributed by atoms with van der Waals surface area (Å²) in [5.41, 5.74) is 3.71. The van der Waals surface area contributed by atoms with E-state index in [4.69, 9.17) is 9.47 Å². The standard InChI is InChI=1S/C27H24F3NO5/c1-35-24-14-17(27(28,29)30)12-10-16(24)11-13-23(25(32)33)31-26(34)36-15-22-20-8-4-2-6-18(20)19-7-3-5-9-21(19)22/h2-10,12,14,22-23H,11,13,15H2,1H3,(H,31,34)(H,32,33)/t23-/m1/s1. The predicted octanol–water partition coefficient (Wildman–Crippen LogP) is 5.64. The van der Waals surface area contributed by atoms with Gasteiger partial charge in [0.2, 0.25) is 0 Å². The minimum Gasteiger partial charge on any atom is -0.496 e. The van der Waals surface area contributed by atoms with Crippen LogP contribution in [0, 0.1) is 0 Å². The number of ether oxygens (including phenoxy) is 2. The molecule has 6 nitrogen and oxygen atoms in total. The van der Waals surface area contributed by atoms with Crippen molar-refractivity contribution in [3.63, 3.8) is 0 Å². The summed E-state index contributed by atoms with van der Waals surface area (Å²) in [4.78, 5) is 24.2. The Kier molecular flexibility index (Phi) is 7.19. The molecule has 0 saturated heterocycles. The lowest BCUT2D eigenvalue weighted by Gasteiger charge is -2.18. The molecule has 0 aliphatic heterocycles. The van der Waals surface area contributed by atoms with Crippen LogP contribution in [0.25, 0.3) is 11.1 Å². The quantitative estimate of drug-likeness (QED) is 0.419. The van der Waals surface area contributed by atoms with Gasteiger partial charge in [-0.15, -0.1) is 0 Å². The number of alkyl halides is 3. The number of alkyl carbamates (subject to hydrolysis) is 1. The van der Waals surface area contributed by atoms with Crippen LogP contribution >= 0.6 is 0 Å². The Morgan fingerprint density at radius 3 is 2.17 bits per heavy atom. The zero-order chi connectivity index (χ0) is 25.9. The van der Waals surface area contributed by atoms with E-state index in [1.165, 1.54) is 13.2 Å². The van der Waals surface area contributed by atoms with E-state index in [2.05, 4.69) is 5.32 Å². The molecule has 2 N–H and O–H groups in total. The van der Waals surface area contributed by atoms with Crippen LogP contribution in [0.4, 0.5) is 18.0 Å². The van der Waals surface area contributed by atoms with Gasteiger partial charge in [-0.2, -0.15) is 13.2 Å².